The Kier molecular flexibility index (Phi) is 3.04. The van der Waals surface area contributed by atoms with Crippen LogP contribution in [0.4, 0.5) is 0 Å². The fourth-order valence-corrected chi connectivity index (χ4v) is 2.77. The molecule has 0 bridgehead atoms. The van der Waals surface area contributed by atoms with Crippen LogP contribution < -0.4 is 5.32 Å². The molecular weight excluding hydrogens is 220 g/mol. The molecule has 1 N–H and O–H groups in total. The fraction of sp³-hybridized carbons (Fsp3) is 0.438. The molecule has 1 aromatic heterocycles. The predicted octanol–water partition coefficient (Wildman–Crippen LogP) is 3.51. The largest absolute Gasteiger partial charge is 0.312 e. The molecule has 1 aromatic carbocycles. The van der Waals surface area contributed by atoms with Crippen molar-refractivity contribution < 1.29 is 0 Å². The summed E-state index contributed by atoms with van der Waals surface area (Å²) in [5.41, 5.74) is 2.97. The van der Waals surface area contributed by atoms with Crippen LogP contribution in [0.2, 0.25) is 0 Å². The number of benzene rings is 1. The molecule has 0 saturated heterocycles. The van der Waals surface area contributed by atoms with Gasteiger partial charge in [0.2, 0.25) is 0 Å². The summed E-state index contributed by atoms with van der Waals surface area (Å²) in [6.07, 6.45) is 6.01. The highest BCUT2D eigenvalue weighted by molar-refractivity contribution is 5.81. The van der Waals surface area contributed by atoms with Gasteiger partial charge < -0.3 is 5.32 Å². The summed E-state index contributed by atoms with van der Waals surface area (Å²) < 4.78 is 0. The topological polar surface area (TPSA) is 24.9 Å². The molecule has 18 heavy (non-hydrogen) atoms. The summed E-state index contributed by atoms with van der Waals surface area (Å²) in [6, 6.07) is 10.5. The first-order valence-corrected chi connectivity index (χ1v) is 6.80. The molecule has 1 aliphatic carbocycles. The van der Waals surface area contributed by atoms with E-state index in [1.54, 1.807) is 0 Å². The number of nitrogens with zero attached hydrogens (tertiary/aromatic N) is 1. The number of hydrogen-bond acceptors (Lipinski definition) is 2. The fourth-order valence-electron chi connectivity index (χ4n) is 2.77. The van der Waals surface area contributed by atoms with Crippen molar-refractivity contribution in [2.45, 2.75) is 32.7 Å². The monoisotopic (exact) mass is 240 g/mol. The van der Waals surface area contributed by atoms with Gasteiger partial charge in [0.25, 0.3) is 0 Å². The first kappa shape index (κ1) is 11.7. The first-order chi connectivity index (χ1) is 8.77. The minimum absolute atomic E-state index is 0.540. The number of hydrogen-bond donors (Lipinski definition) is 1. The molecule has 1 heterocycles. The van der Waals surface area contributed by atoms with E-state index in [4.69, 9.17) is 0 Å². The van der Waals surface area contributed by atoms with Crippen LogP contribution in [0.1, 0.15) is 31.7 Å². The number of pyridine rings is 1. The summed E-state index contributed by atoms with van der Waals surface area (Å²) >= 11 is 0. The van der Waals surface area contributed by atoms with E-state index in [1.807, 2.05) is 12.3 Å². The van der Waals surface area contributed by atoms with Crippen molar-refractivity contribution in [3.05, 3.63) is 42.1 Å². The summed E-state index contributed by atoms with van der Waals surface area (Å²) in [4.78, 5) is 4.49. The van der Waals surface area contributed by atoms with Crippen LogP contribution in [-0.4, -0.2) is 11.5 Å². The van der Waals surface area contributed by atoms with Crippen molar-refractivity contribution >= 4 is 10.9 Å². The Morgan fingerprint density at radius 3 is 2.83 bits per heavy atom. The van der Waals surface area contributed by atoms with Crippen LogP contribution in [-0.2, 0) is 6.54 Å². The molecule has 94 valence electrons. The number of nitrogens with one attached hydrogen (secondary N) is 1. The summed E-state index contributed by atoms with van der Waals surface area (Å²) in [6.45, 7) is 4.42. The zero-order valence-electron chi connectivity index (χ0n) is 10.9. The summed E-state index contributed by atoms with van der Waals surface area (Å²) in [5, 5.41) is 4.82. The van der Waals surface area contributed by atoms with Crippen LogP contribution >= 0.6 is 0 Å². The molecule has 2 aromatic rings. The second kappa shape index (κ2) is 4.69. The second-order valence-electron chi connectivity index (χ2n) is 5.76. The van der Waals surface area contributed by atoms with Gasteiger partial charge in [-0.2, -0.15) is 0 Å². The van der Waals surface area contributed by atoms with Gasteiger partial charge in [-0.1, -0.05) is 37.6 Å². The van der Waals surface area contributed by atoms with E-state index in [2.05, 4.69) is 41.5 Å². The lowest BCUT2D eigenvalue weighted by Gasteiger charge is -2.38. The third kappa shape index (κ3) is 2.25. The highest BCUT2D eigenvalue weighted by Crippen LogP contribution is 2.39. The Bertz CT molecular complexity index is 538. The SMILES string of the molecule is CC1(CNCc2cccc3cccnc23)CCC1. The third-order valence-corrected chi connectivity index (χ3v) is 4.14. The Morgan fingerprint density at radius 1 is 1.22 bits per heavy atom. The smallest absolute Gasteiger partial charge is 0.0746 e. The standard InChI is InChI=1S/C16H20N2/c1-16(8-4-9-16)12-17-11-14-6-2-5-13-7-3-10-18-15(13)14/h2-3,5-7,10,17H,4,8-9,11-12H2,1H3. The molecule has 1 saturated carbocycles. The van der Waals surface area contributed by atoms with Gasteiger partial charge in [-0.25, -0.2) is 0 Å². The highest BCUT2D eigenvalue weighted by Gasteiger charge is 2.30. The van der Waals surface area contributed by atoms with Crippen molar-refractivity contribution in [2.24, 2.45) is 5.41 Å². The quantitative estimate of drug-likeness (QED) is 0.884. The van der Waals surface area contributed by atoms with Gasteiger partial charge in [0.1, 0.15) is 0 Å². The molecule has 0 atom stereocenters. The first-order valence-electron chi connectivity index (χ1n) is 6.80. The molecule has 1 fully saturated rings. The van der Waals surface area contributed by atoms with Gasteiger partial charge in [0.15, 0.2) is 0 Å². The van der Waals surface area contributed by atoms with E-state index >= 15 is 0 Å². The lowest BCUT2D eigenvalue weighted by atomic mass is 9.70. The lowest BCUT2D eigenvalue weighted by Crippen LogP contribution is -2.37. The van der Waals surface area contributed by atoms with Crippen molar-refractivity contribution in [3.63, 3.8) is 0 Å². The molecule has 0 spiro atoms. The predicted molar refractivity (Wildman–Crippen MR) is 75.4 cm³/mol. The maximum Gasteiger partial charge on any atom is 0.0746 e. The molecule has 3 rings (SSSR count). The van der Waals surface area contributed by atoms with E-state index in [0.717, 1.165) is 18.6 Å². The normalized spacial score (nSPS) is 17.6. The molecule has 0 amide bonds. The van der Waals surface area contributed by atoms with E-state index in [-0.39, 0.29) is 0 Å². The van der Waals surface area contributed by atoms with Gasteiger partial charge in [-0.3, -0.25) is 4.98 Å². The highest BCUT2D eigenvalue weighted by atomic mass is 14.9. The van der Waals surface area contributed by atoms with E-state index in [9.17, 15) is 0 Å². The number of aromatic nitrogens is 1. The van der Waals surface area contributed by atoms with Crippen molar-refractivity contribution in [1.82, 2.24) is 10.3 Å². The van der Waals surface area contributed by atoms with Crippen molar-refractivity contribution in [2.75, 3.05) is 6.54 Å². The van der Waals surface area contributed by atoms with Crippen LogP contribution in [0, 0.1) is 5.41 Å². The van der Waals surface area contributed by atoms with Crippen LogP contribution in [0.5, 0.6) is 0 Å². The minimum Gasteiger partial charge on any atom is -0.312 e. The third-order valence-electron chi connectivity index (χ3n) is 4.14. The summed E-state index contributed by atoms with van der Waals surface area (Å²) in [7, 11) is 0. The van der Waals surface area contributed by atoms with Crippen LogP contribution in [0.3, 0.4) is 0 Å². The van der Waals surface area contributed by atoms with Gasteiger partial charge in [-0.15, -0.1) is 0 Å². The van der Waals surface area contributed by atoms with Gasteiger partial charge in [0, 0.05) is 24.7 Å². The molecule has 0 unspecified atom stereocenters. The molecule has 2 heteroatoms. The van der Waals surface area contributed by atoms with Gasteiger partial charge in [0.05, 0.1) is 5.52 Å². The van der Waals surface area contributed by atoms with Gasteiger partial charge >= 0.3 is 0 Å². The second-order valence-corrected chi connectivity index (χ2v) is 5.76. The zero-order valence-corrected chi connectivity index (χ0v) is 10.9. The number of fused-ring (bicyclic) bond motifs is 1. The molecule has 0 aliphatic heterocycles. The maximum atomic E-state index is 4.49. The Morgan fingerprint density at radius 2 is 2.06 bits per heavy atom. The van der Waals surface area contributed by atoms with E-state index < -0.39 is 0 Å². The lowest BCUT2D eigenvalue weighted by molar-refractivity contribution is 0.156. The van der Waals surface area contributed by atoms with E-state index in [1.165, 1.54) is 30.2 Å². The minimum atomic E-state index is 0.540. The molecule has 1 aliphatic rings. The average molecular weight is 240 g/mol. The van der Waals surface area contributed by atoms with Crippen LogP contribution in [0.15, 0.2) is 36.5 Å². The molecule has 2 nitrogen and oxygen atoms in total. The number of rotatable bonds is 4. The van der Waals surface area contributed by atoms with Crippen molar-refractivity contribution in [1.29, 1.82) is 0 Å². The zero-order chi connectivity index (χ0) is 12.4. The maximum absolute atomic E-state index is 4.49. The van der Waals surface area contributed by atoms with Crippen LogP contribution in [0.25, 0.3) is 10.9 Å². The van der Waals surface area contributed by atoms with E-state index in [0.29, 0.717) is 5.41 Å². The molecular formula is C16H20N2. The Labute approximate surface area is 108 Å². The van der Waals surface area contributed by atoms with Gasteiger partial charge in [-0.05, 0) is 29.9 Å². The van der Waals surface area contributed by atoms with Crippen molar-refractivity contribution in [3.8, 4) is 0 Å². The number of para-hydroxylation sites is 1. The summed E-state index contributed by atoms with van der Waals surface area (Å²) in [5.74, 6) is 0. The average Bonchev–Trinajstić information content (AvgIpc) is 2.37. The Balaban J connectivity index is 1.70. The Hall–Kier alpha value is -1.41. The molecule has 0 radical (unpaired) electrons.